The minimum atomic E-state index is 0.0660. The van der Waals surface area contributed by atoms with E-state index in [0.29, 0.717) is 17.9 Å². The first-order valence-electron chi connectivity index (χ1n) is 6.25. The molecule has 18 heavy (non-hydrogen) atoms. The van der Waals surface area contributed by atoms with Crippen LogP contribution < -0.4 is 9.47 Å². The van der Waals surface area contributed by atoms with Gasteiger partial charge in [0.2, 0.25) is 0 Å². The van der Waals surface area contributed by atoms with Gasteiger partial charge in [-0.2, -0.15) is 0 Å². The van der Waals surface area contributed by atoms with E-state index in [1.165, 1.54) is 0 Å². The van der Waals surface area contributed by atoms with Crippen molar-refractivity contribution < 1.29 is 14.3 Å². The smallest absolute Gasteiger partial charge is 0.163 e. The van der Waals surface area contributed by atoms with Crippen molar-refractivity contribution >= 4 is 5.78 Å². The number of methoxy groups -OCH3 is 2. The summed E-state index contributed by atoms with van der Waals surface area (Å²) in [7, 11) is 3.21. The fourth-order valence-corrected chi connectivity index (χ4v) is 2.48. The van der Waals surface area contributed by atoms with Gasteiger partial charge in [-0.1, -0.05) is 13.8 Å². The van der Waals surface area contributed by atoms with Gasteiger partial charge < -0.3 is 9.47 Å². The molecule has 1 aliphatic carbocycles. The molecule has 0 fully saturated rings. The number of fused-ring (bicyclic) bond motifs is 1. The monoisotopic (exact) mass is 248 g/mol. The van der Waals surface area contributed by atoms with Gasteiger partial charge in [0.25, 0.3) is 0 Å². The van der Waals surface area contributed by atoms with Crippen LogP contribution in [0.3, 0.4) is 0 Å². The lowest BCUT2D eigenvalue weighted by atomic mass is 9.84. The molecule has 0 unspecified atom stereocenters. The molecule has 3 nitrogen and oxygen atoms in total. The van der Waals surface area contributed by atoms with Crippen LogP contribution in [0.4, 0.5) is 0 Å². The molecule has 2 rings (SSSR count). The molecule has 0 bridgehead atoms. The van der Waals surface area contributed by atoms with E-state index in [4.69, 9.17) is 9.47 Å². The van der Waals surface area contributed by atoms with Crippen LogP contribution in [0.15, 0.2) is 12.1 Å². The Morgan fingerprint density at radius 3 is 2.33 bits per heavy atom. The molecule has 0 radical (unpaired) electrons. The zero-order chi connectivity index (χ0) is 13.3. The lowest BCUT2D eigenvalue weighted by Gasteiger charge is -2.20. The highest BCUT2D eigenvalue weighted by molar-refractivity contribution is 5.99. The van der Waals surface area contributed by atoms with Crippen LogP contribution in [0.1, 0.15) is 42.6 Å². The first-order valence-corrected chi connectivity index (χ1v) is 6.25. The maximum Gasteiger partial charge on any atom is 0.163 e. The van der Waals surface area contributed by atoms with E-state index >= 15 is 0 Å². The van der Waals surface area contributed by atoms with E-state index in [0.717, 1.165) is 24.0 Å². The van der Waals surface area contributed by atoms with Crippen LogP contribution in [0.2, 0.25) is 0 Å². The summed E-state index contributed by atoms with van der Waals surface area (Å²) in [5.41, 5.74) is 1.93. The summed E-state index contributed by atoms with van der Waals surface area (Å²) < 4.78 is 10.6. The number of ketones is 1. The maximum atomic E-state index is 12.3. The highest BCUT2D eigenvalue weighted by Gasteiger charge is 2.29. The van der Waals surface area contributed by atoms with Crippen molar-refractivity contribution in [3.63, 3.8) is 0 Å². The molecule has 0 amide bonds. The fourth-order valence-electron chi connectivity index (χ4n) is 2.48. The number of ether oxygens (including phenoxy) is 2. The molecule has 1 aliphatic rings. The van der Waals surface area contributed by atoms with Crippen molar-refractivity contribution in [2.45, 2.75) is 33.1 Å². The summed E-state index contributed by atoms with van der Waals surface area (Å²) >= 11 is 0. The van der Waals surface area contributed by atoms with Crippen LogP contribution in [0.5, 0.6) is 11.5 Å². The molecule has 0 saturated heterocycles. The Morgan fingerprint density at radius 2 is 1.72 bits per heavy atom. The third-order valence-electron chi connectivity index (χ3n) is 3.62. The van der Waals surface area contributed by atoms with E-state index < -0.39 is 0 Å². The number of hydrogen-bond donors (Lipinski definition) is 0. The lowest BCUT2D eigenvalue weighted by molar-refractivity contribution is 0.0934. The Morgan fingerprint density at radius 1 is 1.11 bits per heavy atom. The van der Waals surface area contributed by atoms with Gasteiger partial charge in [-0.15, -0.1) is 0 Å². The van der Waals surface area contributed by atoms with E-state index in [2.05, 4.69) is 13.8 Å². The topological polar surface area (TPSA) is 35.5 Å². The van der Waals surface area contributed by atoms with Crippen LogP contribution in [-0.4, -0.2) is 20.0 Å². The first kappa shape index (κ1) is 12.9. The summed E-state index contributed by atoms with van der Waals surface area (Å²) in [6, 6.07) is 3.76. The zero-order valence-electron chi connectivity index (χ0n) is 11.5. The Labute approximate surface area is 108 Å². The molecule has 1 aromatic rings. The highest BCUT2D eigenvalue weighted by Crippen LogP contribution is 2.38. The minimum Gasteiger partial charge on any atom is -0.493 e. The van der Waals surface area contributed by atoms with Crippen molar-refractivity contribution in [2.24, 2.45) is 5.41 Å². The molecule has 3 heteroatoms. The second kappa shape index (κ2) is 4.63. The second-order valence-electron chi connectivity index (χ2n) is 5.63. The van der Waals surface area contributed by atoms with Crippen LogP contribution >= 0.6 is 0 Å². The van der Waals surface area contributed by atoms with Crippen molar-refractivity contribution in [1.82, 2.24) is 0 Å². The molecule has 0 aromatic heterocycles. The number of aryl methyl sites for hydroxylation is 1. The van der Waals surface area contributed by atoms with Gasteiger partial charge in [0.1, 0.15) is 0 Å². The standard InChI is InChI=1S/C15H20O3/c1-15(2)6-5-10-7-13(17-3)14(18-4)8-11(10)12(16)9-15/h7-8H,5-6,9H2,1-4H3. The predicted octanol–water partition coefficient (Wildman–Crippen LogP) is 3.25. The molecule has 98 valence electrons. The zero-order valence-corrected chi connectivity index (χ0v) is 11.5. The van der Waals surface area contributed by atoms with Gasteiger partial charge in [0.15, 0.2) is 17.3 Å². The third kappa shape index (κ3) is 2.35. The van der Waals surface area contributed by atoms with E-state index in [1.54, 1.807) is 14.2 Å². The van der Waals surface area contributed by atoms with E-state index in [-0.39, 0.29) is 11.2 Å². The van der Waals surface area contributed by atoms with Gasteiger partial charge in [-0.3, -0.25) is 4.79 Å². The van der Waals surface area contributed by atoms with Crippen molar-refractivity contribution in [1.29, 1.82) is 0 Å². The number of Topliss-reactive ketones (excluding diaryl/α,β-unsaturated/α-hetero) is 1. The third-order valence-corrected chi connectivity index (χ3v) is 3.62. The van der Waals surface area contributed by atoms with Crippen molar-refractivity contribution in [2.75, 3.05) is 14.2 Å². The Hall–Kier alpha value is -1.51. The number of carbonyl (C=O) groups is 1. The molecular weight excluding hydrogens is 228 g/mol. The molecule has 0 saturated carbocycles. The van der Waals surface area contributed by atoms with E-state index in [9.17, 15) is 4.79 Å². The van der Waals surface area contributed by atoms with Crippen LogP contribution in [0.25, 0.3) is 0 Å². The van der Waals surface area contributed by atoms with Gasteiger partial charge in [0, 0.05) is 12.0 Å². The quantitative estimate of drug-likeness (QED) is 0.754. The summed E-state index contributed by atoms with van der Waals surface area (Å²) in [5, 5.41) is 0. The second-order valence-corrected chi connectivity index (χ2v) is 5.63. The number of benzene rings is 1. The number of carbonyl (C=O) groups excluding carboxylic acids is 1. The summed E-state index contributed by atoms with van der Waals surface area (Å²) in [6.07, 6.45) is 2.52. The molecule has 0 atom stereocenters. The van der Waals surface area contributed by atoms with Gasteiger partial charge in [0.05, 0.1) is 14.2 Å². The average Bonchev–Trinajstić information content (AvgIpc) is 2.44. The minimum absolute atomic E-state index is 0.0660. The Kier molecular flexibility index (Phi) is 3.33. The van der Waals surface area contributed by atoms with Gasteiger partial charge >= 0.3 is 0 Å². The van der Waals surface area contributed by atoms with E-state index in [1.807, 2.05) is 12.1 Å². The highest BCUT2D eigenvalue weighted by atomic mass is 16.5. The average molecular weight is 248 g/mol. The lowest BCUT2D eigenvalue weighted by Crippen LogP contribution is -2.14. The van der Waals surface area contributed by atoms with Gasteiger partial charge in [-0.25, -0.2) is 0 Å². The molecule has 0 heterocycles. The number of rotatable bonds is 2. The van der Waals surface area contributed by atoms with Crippen molar-refractivity contribution in [3.05, 3.63) is 23.3 Å². The number of hydrogen-bond acceptors (Lipinski definition) is 3. The van der Waals surface area contributed by atoms with Gasteiger partial charge in [-0.05, 0) is 36.0 Å². The Bertz CT molecular complexity index is 475. The van der Waals surface area contributed by atoms with Crippen LogP contribution in [-0.2, 0) is 6.42 Å². The van der Waals surface area contributed by atoms with Crippen molar-refractivity contribution in [3.8, 4) is 11.5 Å². The Balaban J connectivity index is 2.49. The SMILES string of the molecule is COc1cc2c(cc1OC)C(=O)CC(C)(C)CC2. The normalized spacial score (nSPS) is 17.9. The summed E-state index contributed by atoms with van der Waals surface area (Å²) in [4.78, 5) is 12.3. The summed E-state index contributed by atoms with van der Waals surface area (Å²) in [5.74, 6) is 1.53. The fraction of sp³-hybridized carbons (Fsp3) is 0.533. The molecule has 0 aliphatic heterocycles. The molecule has 0 spiro atoms. The maximum absolute atomic E-state index is 12.3. The summed E-state index contributed by atoms with van der Waals surface area (Å²) in [6.45, 7) is 4.29. The molecule has 0 N–H and O–H groups in total. The largest absolute Gasteiger partial charge is 0.493 e. The predicted molar refractivity (Wildman–Crippen MR) is 70.6 cm³/mol. The molecule has 1 aromatic carbocycles. The molecular formula is C15H20O3. The van der Waals surface area contributed by atoms with Crippen LogP contribution in [0, 0.1) is 5.41 Å². The first-order chi connectivity index (χ1) is 8.46.